The third kappa shape index (κ3) is 2.69. The monoisotopic (exact) mass is 244 g/mol. The maximum atomic E-state index is 12.2. The average molecular weight is 244 g/mol. The topological polar surface area (TPSA) is 64.3 Å². The summed E-state index contributed by atoms with van der Waals surface area (Å²) in [5.74, 6) is 0.294. The standard InChI is InChI=1S/C14H16N2O2/c15-9-12-2-1-3-13(8-12)14(18)16-6-4-11(10-17)5-7-16/h1-3,8,11,17H,4-7,10H2. The number of rotatable bonds is 2. The zero-order valence-electron chi connectivity index (χ0n) is 10.2. The van der Waals surface area contributed by atoms with E-state index in [1.54, 1.807) is 29.2 Å². The largest absolute Gasteiger partial charge is 0.396 e. The van der Waals surface area contributed by atoms with Crippen molar-refractivity contribution in [2.75, 3.05) is 19.7 Å². The van der Waals surface area contributed by atoms with Gasteiger partial charge in [0.1, 0.15) is 0 Å². The Morgan fingerprint density at radius 1 is 1.44 bits per heavy atom. The number of carbonyl (C=O) groups is 1. The van der Waals surface area contributed by atoms with E-state index in [4.69, 9.17) is 10.4 Å². The van der Waals surface area contributed by atoms with Crippen LogP contribution < -0.4 is 0 Å². The van der Waals surface area contributed by atoms with Gasteiger partial charge in [0.2, 0.25) is 0 Å². The molecule has 1 amide bonds. The Hall–Kier alpha value is -1.86. The van der Waals surface area contributed by atoms with Crippen molar-refractivity contribution in [3.05, 3.63) is 35.4 Å². The zero-order valence-corrected chi connectivity index (χ0v) is 10.2. The third-order valence-corrected chi connectivity index (χ3v) is 3.40. The van der Waals surface area contributed by atoms with Gasteiger partial charge >= 0.3 is 0 Å². The summed E-state index contributed by atoms with van der Waals surface area (Å²) in [6.07, 6.45) is 1.69. The highest BCUT2D eigenvalue weighted by Crippen LogP contribution is 2.18. The molecule has 1 aromatic rings. The van der Waals surface area contributed by atoms with Crippen LogP contribution in [0.3, 0.4) is 0 Å². The van der Waals surface area contributed by atoms with Crippen molar-refractivity contribution in [1.29, 1.82) is 5.26 Å². The van der Waals surface area contributed by atoms with E-state index in [0.29, 0.717) is 30.1 Å². The Kier molecular flexibility index (Phi) is 3.96. The summed E-state index contributed by atoms with van der Waals surface area (Å²) in [4.78, 5) is 14.0. The van der Waals surface area contributed by atoms with Gasteiger partial charge in [-0.2, -0.15) is 5.26 Å². The summed E-state index contributed by atoms with van der Waals surface area (Å²) in [5, 5.41) is 17.9. The molecule has 1 aliphatic heterocycles. The lowest BCUT2D eigenvalue weighted by atomic mass is 9.97. The van der Waals surface area contributed by atoms with Crippen molar-refractivity contribution in [3.8, 4) is 6.07 Å². The lowest BCUT2D eigenvalue weighted by Gasteiger charge is -2.31. The number of piperidine rings is 1. The van der Waals surface area contributed by atoms with E-state index in [1.807, 2.05) is 6.07 Å². The van der Waals surface area contributed by atoms with Crippen LogP contribution in [0.4, 0.5) is 0 Å². The van der Waals surface area contributed by atoms with Gasteiger partial charge in [-0.3, -0.25) is 4.79 Å². The molecule has 0 aliphatic carbocycles. The summed E-state index contributed by atoms with van der Waals surface area (Å²) >= 11 is 0. The van der Waals surface area contributed by atoms with Crippen molar-refractivity contribution in [2.24, 2.45) is 5.92 Å². The molecule has 2 rings (SSSR count). The lowest BCUT2D eigenvalue weighted by Crippen LogP contribution is -2.39. The second-order valence-corrected chi connectivity index (χ2v) is 4.61. The van der Waals surface area contributed by atoms with Crippen LogP contribution in [-0.4, -0.2) is 35.6 Å². The molecule has 0 atom stereocenters. The highest BCUT2D eigenvalue weighted by molar-refractivity contribution is 5.94. The van der Waals surface area contributed by atoms with E-state index in [2.05, 4.69) is 0 Å². The number of hydrogen-bond acceptors (Lipinski definition) is 3. The number of nitrogens with zero attached hydrogens (tertiary/aromatic N) is 2. The fraction of sp³-hybridized carbons (Fsp3) is 0.429. The van der Waals surface area contributed by atoms with E-state index >= 15 is 0 Å². The Morgan fingerprint density at radius 3 is 2.78 bits per heavy atom. The first kappa shape index (κ1) is 12.6. The molecular formula is C14H16N2O2. The summed E-state index contributed by atoms with van der Waals surface area (Å²) in [6.45, 7) is 1.56. The minimum atomic E-state index is -0.0245. The molecule has 1 N–H and O–H groups in total. The second-order valence-electron chi connectivity index (χ2n) is 4.61. The molecule has 4 heteroatoms. The smallest absolute Gasteiger partial charge is 0.253 e. The lowest BCUT2D eigenvalue weighted by molar-refractivity contribution is 0.0651. The van der Waals surface area contributed by atoms with Crippen molar-refractivity contribution in [3.63, 3.8) is 0 Å². The molecule has 1 heterocycles. The second kappa shape index (κ2) is 5.65. The number of hydrogen-bond donors (Lipinski definition) is 1. The number of carbonyl (C=O) groups excluding carboxylic acids is 1. The number of likely N-dealkylation sites (tertiary alicyclic amines) is 1. The van der Waals surface area contributed by atoms with Gasteiger partial charge in [-0.15, -0.1) is 0 Å². The Bertz CT molecular complexity index is 471. The molecule has 1 aliphatic rings. The highest BCUT2D eigenvalue weighted by Gasteiger charge is 2.23. The van der Waals surface area contributed by atoms with Crippen LogP contribution >= 0.6 is 0 Å². The molecule has 0 radical (unpaired) electrons. The molecule has 0 spiro atoms. The van der Waals surface area contributed by atoms with Crippen LogP contribution in [0.25, 0.3) is 0 Å². The fourth-order valence-electron chi connectivity index (χ4n) is 2.22. The third-order valence-electron chi connectivity index (χ3n) is 3.40. The predicted octanol–water partition coefficient (Wildman–Crippen LogP) is 1.40. The van der Waals surface area contributed by atoms with Gasteiger partial charge in [0.15, 0.2) is 0 Å². The van der Waals surface area contributed by atoms with Crippen molar-refractivity contribution in [1.82, 2.24) is 4.90 Å². The van der Waals surface area contributed by atoms with Crippen molar-refractivity contribution >= 4 is 5.91 Å². The van der Waals surface area contributed by atoms with Gasteiger partial charge in [-0.05, 0) is 37.0 Å². The Morgan fingerprint density at radius 2 is 2.17 bits per heavy atom. The quantitative estimate of drug-likeness (QED) is 0.855. The summed E-state index contributed by atoms with van der Waals surface area (Å²) in [5.41, 5.74) is 1.07. The molecule has 0 aromatic heterocycles. The number of aliphatic hydroxyl groups excluding tert-OH is 1. The van der Waals surface area contributed by atoms with Gasteiger partial charge in [0, 0.05) is 25.3 Å². The molecule has 94 valence electrons. The molecule has 18 heavy (non-hydrogen) atoms. The number of aliphatic hydroxyl groups is 1. The number of benzene rings is 1. The van der Waals surface area contributed by atoms with Crippen LogP contribution in [0.1, 0.15) is 28.8 Å². The van der Waals surface area contributed by atoms with Crippen molar-refractivity contribution in [2.45, 2.75) is 12.8 Å². The van der Waals surface area contributed by atoms with Crippen molar-refractivity contribution < 1.29 is 9.90 Å². The fourth-order valence-corrected chi connectivity index (χ4v) is 2.22. The van der Waals surface area contributed by atoms with Gasteiger partial charge in [0.25, 0.3) is 5.91 Å². The van der Waals surface area contributed by atoms with E-state index in [1.165, 1.54) is 0 Å². The van der Waals surface area contributed by atoms with Crippen LogP contribution in [-0.2, 0) is 0 Å². The van der Waals surface area contributed by atoms with Gasteiger partial charge < -0.3 is 10.0 Å². The minimum Gasteiger partial charge on any atom is -0.396 e. The molecule has 1 saturated heterocycles. The Balaban J connectivity index is 2.06. The molecule has 0 saturated carbocycles. The molecule has 0 bridgehead atoms. The Labute approximate surface area is 106 Å². The SMILES string of the molecule is N#Cc1cccc(C(=O)N2CCC(CO)CC2)c1. The van der Waals surface area contributed by atoms with Gasteiger partial charge in [-0.1, -0.05) is 6.07 Å². The zero-order chi connectivity index (χ0) is 13.0. The number of nitriles is 1. The number of amides is 1. The van der Waals surface area contributed by atoms with Crippen LogP contribution in [0.2, 0.25) is 0 Å². The molecule has 1 aromatic carbocycles. The first-order valence-corrected chi connectivity index (χ1v) is 6.15. The van der Waals surface area contributed by atoms with E-state index < -0.39 is 0 Å². The van der Waals surface area contributed by atoms with Gasteiger partial charge in [0.05, 0.1) is 11.6 Å². The molecule has 4 nitrogen and oxygen atoms in total. The predicted molar refractivity (Wildman–Crippen MR) is 66.9 cm³/mol. The summed E-state index contributed by atoms with van der Waals surface area (Å²) < 4.78 is 0. The minimum absolute atomic E-state index is 0.0245. The molecule has 0 unspecified atom stereocenters. The first-order chi connectivity index (χ1) is 8.74. The first-order valence-electron chi connectivity index (χ1n) is 6.15. The van der Waals surface area contributed by atoms with Crippen LogP contribution in [0.15, 0.2) is 24.3 Å². The average Bonchev–Trinajstić information content (AvgIpc) is 2.46. The van der Waals surface area contributed by atoms with Crippen LogP contribution in [0, 0.1) is 17.2 Å². The van der Waals surface area contributed by atoms with E-state index in [9.17, 15) is 4.79 Å². The maximum Gasteiger partial charge on any atom is 0.253 e. The summed E-state index contributed by atoms with van der Waals surface area (Å²) in [6, 6.07) is 8.82. The van der Waals surface area contributed by atoms with Crippen LogP contribution in [0.5, 0.6) is 0 Å². The normalized spacial score (nSPS) is 16.3. The van der Waals surface area contributed by atoms with E-state index in [-0.39, 0.29) is 12.5 Å². The maximum absolute atomic E-state index is 12.2. The van der Waals surface area contributed by atoms with Gasteiger partial charge in [-0.25, -0.2) is 0 Å². The highest BCUT2D eigenvalue weighted by atomic mass is 16.3. The van der Waals surface area contributed by atoms with E-state index in [0.717, 1.165) is 12.8 Å². The molecule has 1 fully saturated rings. The molecular weight excluding hydrogens is 228 g/mol. The summed E-state index contributed by atoms with van der Waals surface area (Å²) in [7, 11) is 0.